The topological polar surface area (TPSA) is 45.8 Å². The quantitative estimate of drug-likeness (QED) is 0.594. The van der Waals surface area contributed by atoms with Crippen molar-refractivity contribution in [3.63, 3.8) is 0 Å². The van der Waals surface area contributed by atoms with Crippen LogP contribution in [0.3, 0.4) is 0 Å². The molecule has 3 heteroatoms. The number of nitriles is 1. The Morgan fingerprint density at radius 3 is 2.91 bits per heavy atom. The molecule has 0 fully saturated rings. The second-order valence-corrected chi connectivity index (χ2v) is 2.25. The monoisotopic (exact) mass is 148 g/mol. The molecule has 0 amide bonds. The first kappa shape index (κ1) is 7.55. The molecular formula is C8H8N2O. The molecule has 0 aliphatic rings. The Morgan fingerprint density at radius 2 is 2.36 bits per heavy atom. The van der Waals surface area contributed by atoms with Crippen LogP contribution >= 0.6 is 0 Å². The smallest absolute Gasteiger partial charge is 0.251 e. The van der Waals surface area contributed by atoms with Gasteiger partial charge in [-0.3, -0.25) is 9.36 Å². The molecule has 0 saturated carbocycles. The van der Waals surface area contributed by atoms with Gasteiger partial charge in [-0.1, -0.05) is 6.07 Å². The lowest BCUT2D eigenvalue weighted by Crippen LogP contribution is -2.20. The SMILES string of the molecule is CC(C#N)n1ccccc1=O. The molecule has 0 aliphatic heterocycles. The molecule has 0 radical (unpaired) electrons. The maximum Gasteiger partial charge on any atom is 0.251 e. The summed E-state index contributed by atoms with van der Waals surface area (Å²) in [5.41, 5.74) is -0.137. The van der Waals surface area contributed by atoms with Gasteiger partial charge in [0.1, 0.15) is 6.04 Å². The van der Waals surface area contributed by atoms with Crippen LogP contribution < -0.4 is 5.56 Å². The van der Waals surface area contributed by atoms with Gasteiger partial charge < -0.3 is 0 Å². The van der Waals surface area contributed by atoms with E-state index in [4.69, 9.17) is 5.26 Å². The minimum atomic E-state index is -0.385. The fourth-order valence-corrected chi connectivity index (χ4v) is 0.822. The second-order valence-electron chi connectivity index (χ2n) is 2.25. The molecular weight excluding hydrogens is 140 g/mol. The minimum Gasteiger partial charge on any atom is -0.299 e. The van der Waals surface area contributed by atoms with Crippen LogP contribution in [-0.4, -0.2) is 4.57 Å². The molecule has 1 atom stereocenters. The number of pyridine rings is 1. The number of rotatable bonds is 1. The molecule has 0 aliphatic carbocycles. The van der Waals surface area contributed by atoms with Gasteiger partial charge in [-0.05, 0) is 13.0 Å². The molecule has 1 rings (SSSR count). The van der Waals surface area contributed by atoms with Gasteiger partial charge in [0, 0.05) is 12.3 Å². The fourth-order valence-electron chi connectivity index (χ4n) is 0.822. The molecule has 0 saturated heterocycles. The minimum absolute atomic E-state index is 0.137. The van der Waals surface area contributed by atoms with E-state index in [2.05, 4.69) is 0 Å². The summed E-state index contributed by atoms with van der Waals surface area (Å²) in [6.07, 6.45) is 1.61. The van der Waals surface area contributed by atoms with Crippen LogP contribution in [0.2, 0.25) is 0 Å². The van der Waals surface area contributed by atoms with E-state index >= 15 is 0 Å². The van der Waals surface area contributed by atoms with Crippen LogP contribution in [0.25, 0.3) is 0 Å². The maximum atomic E-state index is 11.0. The zero-order valence-electron chi connectivity index (χ0n) is 6.19. The van der Waals surface area contributed by atoms with Crippen LogP contribution in [0.1, 0.15) is 13.0 Å². The highest BCUT2D eigenvalue weighted by Gasteiger charge is 2.01. The first-order valence-electron chi connectivity index (χ1n) is 3.32. The molecule has 0 N–H and O–H groups in total. The molecule has 1 heterocycles. The number of hydrogen-bond donors (Lipinski definition) is 0. The van der Waals surface area contributed by atoms with E-state index in [0.717, 1.165) is 0 Å². The molecule has 1 unspecified atom stereocenters. The highest BCUT2D eigenvalue weighted by molar-refractivity contribution is 4.98. The summed E-state index contributed by atoms with van der Waals surface area (Å²) in [5, 5.41) is 8.50. The first-order chi connectivity index (χ1) is 5.25. The van der Waals surface area contributed by atoms with Crippen molar-refractivity contribution < 1.29 is 0 Å². The molecule has 0 spiro atoms. The number of hydrogen-bond acceptors (Lipinski definition) is 2. The van der Waals surface area contributed by atoms with Gasteiger partial charge in [-0.2, -0.15) is 5.26 Å². The normalized spacial score (nSPS) is 12.0. The van der Waals surface area contributed by atoms with Crippen LogP contribution in [0.15, 0.2) is 29.2 Å². The molecule has 1 aromatic heterocycles. The van der Waals surface area contributed by atoms with E-state index in [9.17, 15) is 4.79 Å². The molecule has 0 aromatic carbocycles. The van der Waals surface area contributed by atoms with Crippen LogP contribution in [0.4, 0.5) is 0 Å². The van der Waals surface area contributed by atoms with Crippen molar-refractivity contribution >= 4 is 0 Å². The Hall–Kier alpha value is -1.56. The zero-order valence-corrected chi connectivity index (χ0v) is 6.19. The lowest BCUT2D eigenvalue weighted by molar-refractivity contribution is 0.646. The lowest BCUT2D eigenvalue weighted by Gasteiger charge is -2.04. The van der Waals surface area contributed by atoms with Crippen molar-refractivity contribution in [1.29, 1.82) is 5.26 Å². The molecule has 3 nitrogen and oxygen atoms in total. The molecule has 11 heavy (non-hydrogen) atoms. The summed E-state index contributed by atoms with van der Waals surface area (Å²) in [5.74, 6) is 0. The van der Waals surface area contributed by atoms with E-state index in [0.29, 0.717) is 0 Å². The Kier molecular flexibility index (Phi) is 2.07. The van der Waals surface area contributed by atoms with Crippen LogP contribution in [0.5, 0.6) is 0 Å². The van der Waals surface area contributed by atoms with E-state index < -0.39 is 0 Å². The van der Waals surface area contributed by atoms with Gasteiger partial charge in [0.2, 0.25) is 0 Å². The van der Waals surface area contributed by atoms with E-state index in [1.807, 2.05) is 6.07 Å². The van der Waals surface area contributed by atoms with E-state index in [-0.39, 0.29) is 11.6 Å². The Morgan fingerprint density at radius 1 is 1.64 bits per heavy atom. The van der Waals surface area contributed by atoms with E-state index in [1.165, 1.54) is 10.6 Å². The highest BCUT2D eigenvalue weighted by atomic mass is 16.1. The molecule has 0 bridgehead atoms. The number of nitrogens with zero attached hydrogens (tertiary/aromatic N) is 2. The van der Waals surface area contributed by atoms with Gasteiger partial charge in [0.05, 0.1) is 6.07 Å². The predicted molar refractivity (Wildman–Crippen MR) is 41.0 cm³/mol. The summed E-state index contributed by atoms with van der Waals surface area (Å²) in [6.45, 7) is 1.68. The maximum absolute atomic E-state index is 11.0. The van der Waals surface area contributed by atoms with Crippen molar-refractivity contribution in [3.8, 4) is 6.07 Å². The Labute approximate surface area is 64.5 Å². The highest BCUT2D eigenvalue weighted by Crippen LogP contribution is 1.97. The standard InChI is InChI=1S/C8H8N2O/c1-7(6-9)10-5-3-2-4-8(10)11/h2-5,7H,1H3. The van der Waals surface area contributed by atoms with Crippen molar-refractivity contribution in [3.05, 3.63) is 34.7 Å². The predicted octanol–water partition coefficient (Wildman–Crippen LogP) is 0.933. The van der Waals surface area contributed by atoms with Crippen molar-refractivity contribution in [2.45, 2.75) is 13.0 Å². The third-order valence-corrected chi connectivity index (χ3v) is 1.46. The van der Waals surface area contributed by atoms with E-state index in [1.54, 1.807) is 25.3 Å². The van der Waals surface area contributed by atoms with Crippen LogP contribution in [-0.2, 0) is 0 Å². The second kappa shape index (κ2) is 3.02. The summed E-state index contributed by atoms with van der Waals surface area (Å²) < 4.78 is 1.39. The van der Waals surface area contributed by atoms with Crippen LogP contribution in [0, 0.1) is 11.3 Å². The van der Waals surface area contributed by atoms with Crippen molar-refractivity contribution in [2.75, 3.05) is 0 Å². The van der Waals surface area contributed by atoms with Gasteiger partial charge in [0.25, 0.3) is 5.56 Å². The summed E-state index contributed by atoms with van der Waals surface area (Å²) in [7, 11) is 0. The molecule has 56 valence electrons. The Balaban J connectivity index is 3.16. The molecule has 1 aromatic rings. The first-order valence-corrected chi connectivity index (χ1v) is 3.32. The summed E-state index contributed by atoms with van der Waals surface area (Å²) in [6, 6.07) is 6.42. The largest absolute Gasteiger partial charge is 0.299 e. The lowest BCUT2D eigenvalue weighted by atomic mass is 10.3. The number of aromatic nitrogens is 1. The average Bonchev–Trinajstić information content (AvgIpc) is 2.04. The van der Waals surface area contributed by atoms with Gasteiger partial charge in [0.15, 0.2) is 0 Å². The summed E-state index contributed by atoms with van der Waals surface area (Å²) >= 11 is 0. The van der Waals surface area contributed by atoms with Crippen molar-refractivity contribution in [2.24, 2.45) is 0 Å². The third kappa shape index (κ3) is 1.47. The summed E-state index contributed by atoms with van der Waals surface area (Å²) in [4.78, 5) is 11.0. The van der Waals surface area contributed by atoms with Gasteiger partial charge in [-0.15, -0.1) is 0 Å². The Bertz CT molecular complexity index is 334. The van der Waals surface area contributed by atoms with Gasteiger partial charge in [-0.25, -0.2) is 0 Å². The van der Waals surface area contributed by atoms with Gasteiger partial charge >= 0.3 is 0 Å². The zero-order chi connectivity index (χ0) is 8.27. The fraction of sp³-hybridized carbons (Fsp3) is 0.250. The third-order valence-electron chi connectivity index (χ3n) is 1.46. The van der Waals surface area contributed by atoms with Crippen molar-refractivity contribution in [1.82, 2.24) is 4.57 Å². The average molecular weight is 148 g/mol.